The molecule has 1 N–H and O–H groups in total. The zero-order chi connectivity index (χ0) is 13.7. The molecule has 0 bridgehead atoms. The van der Waals surface area contributed by atoms with Crippen molar-refractivity contribution in [1.82, 2.24) is 9.88 Å². The maximum atomic E-state index is 3.59. The molecular weight excluding hydrogens is 320 g/mol. The average Bonchev–Trinajstić information content (AvgIpc) is 3.00. The van der Waals surface area contributed by atoms with E-state index in [1.807, 2.05) is 0 Å². The molecule has 2 heterocycles. The van der Waals surface area contributed by atoms with Crippen LogP contribution < -0.4 is 5.32 Å². The van der Waals surface area contributed by atoms with E-state index in [9.17, 15) is 0 Å². The van der Waals surface area contributed by atoms with Gasteiger partial charge in [0.1, 0.15) is 0 Å². The number of hydrogen-bond donors (Lipinski definition) is 1. The Bertz CT molecular complexity index is 498. The van der Waals surface area contributed by atoms with Crippen molar-refractivity contribution in [3.05, 3.63) is 44.8 Å². The van der Waals surface area contributed by atoms with Crippen LogP contribution in [-0.4, -0.2) is 11.1 Å². The molecular formula is C15H21BrN2S. The molecule has 0 aliphatic heterocycles. The van der Waals surface area contributed by atoms with E-state index in [4.69, 9.17) is 0 Å². The zero-order valence-corrected chi connectivity index (χ0v) is 13.9. The van der Waals surface area contributed by atoms with Gasteiger partial charge in [-0.1, -0.05) is 20.3 Å². The first-order valence-electron chi connectivity index (χ1n) is 6.85. The topological polar surface area (TPSA) is 17.0 Å². The Labute approximate surface area is 128 Å². The predicted octanol–water partition coefficient (Wildman–Crippen LogP) is 4.81. The largest absolute Gasteiger partial charge is 0.349 e. The lowest BCUT2D eigenvalue weighted by molar-refractivity contribution is 0.508. The quantitative estimate of drug-likeness (QED) is 0.765. The number of nitrogens with one attached hydrogen (secondary N) is 1. The summed E-state index contributed by atoms with van der Waals surface area (Å²) in [5, 5.41) is 5.69. The van der Waals surface area contributed by atoms with E-state index < -0.39 is 0 Å². The highest BCUT2D eigenvalue weighted by Gasteiger charge is 2.11. The van der Waals surface area contributed by atoms with Crippen LogP contribution in [0.3, 0.4) is 0 Å². The van der Waals surface area contributed by atoms with Crippen molar-refractivity contribution >= 4 is 27.3 Å². The molecule has 0 aliphatic carbocycles. The van der Waals surface area contributed by atoms with Gasteiger partial charge in [0, 0.05) is 27.8 Å². The van der Waals surface area contributed by atoms with Gasteiger partial charge >= 0.3 is 0 Å². The first kappa shape index (κ1) is 14.8. The molecule has 0 radical (unpaired) electrons. The van der Waals surface area contributed by atoms with Crippen LogP contribution in [0.15, 0.2) is 34.4 Å². The summed E-state index contributed by atoms with van der Waals surface area (Å²) in [6, 6.07) is 4.84. The van der Waals surface area contributed by atoms with Crippen LogP contribution in [-0.2, 0) is 6.54 Å². The lowest BCUT2D eigenvalue weighted by atomic mass is 10.1. The molecule has 1 unspecified atom stereocenters. The Morgan fingerprint density at radius 2 is 2.21 bits per heavy atom. The monoisotopic (exact) mass is 340 g/mol. The van der Waals surface area contributed by atoms with Gasteiger partial charge in [-0.15, -0.1) is 11.3 Å². The summed E-state index contributed by atoms with van der Waals surface area (Å²) in [5.74, 6) is 0. The van der Waals surface area contributed by atoms with E-state index in [0.717, 1.165) is 13.1 Å². The van der Waals surface area contributed by atoms with Crippen LogP contribution >= 0.6 is 27.3 Å². The van der Waals surface area contributed by atoms with Crippen molar-refractivity contribution < 1.29 is 0 Å². The van der Waals surface area contributed by atoms with E-state index in [1.54, 1.807) is 11.3 Å². The second kappa shape index (κ2) is 7.27. The summed E-state index contributed by atoms with van der Waals surface area (Å²) in [6.07, 6.45) is 6.86. The van der Waals surface area contributed by atoms with Crippen LogP contribution in [0.4, 0.5) is 0 Å². The Balaban J connectivity index is 2.07. The number of aromatic nitrogens is 1. The summed E-state index contributed by atoms with van der Waals surface area (Å²) in [6.45, 7) is 6.38. The summed E-state index contributed by atoms with van der Waals surface area (Å²) >= 11 is 5.39. The van der Waals surface area contributed by atoms with Crippen molar-refractivity contribution in [2.24, 2.45) is 0 Å². The highest BCUT2D eigenvalue weighted by molar-refractivity contribution is 9.10. The number of thiophene rings is 1. The van der Waals surface area contributed by atoms with Crippen LogP contribution in [0.2, 0.25) is 0 Å². The minimum atomic E-state index is 0.489. The SMILES string of the molecule is CCCC(NCC)c1ccn(Cc2sccc2Br)c1. The van der Waals surface area contributed by atoms with E-state index >= 15 is 0 Å². The van der Waals surface area contributed by atoms with E-state index in [-0.39, 0.29) is 0 Å². The highest BCUT2D eigenvalue weighted by Crippen LogP contribution is 2.25. The molecule has 19 heavy (non-hydrogen) atoms. The normalized spacial score (nSPS) is 12.8. The molecule has 2 rings (SSSR count). The van der Waals surface area contributed by atoms with E-state index in [1.165, 1.54) is 27.8 Å². The van der Waals surface area contributed by atoms with E-state index in [0.29, 0.717) is 6.04 Å². The molecule has 0 spiro atoms. The van der Waals surface area contributed by atoms with Gasteiger partial charge in [0.2, 0.25) is 0 Å². The lowest BCUT2D eigenvalue weighted by Crippen LogP contribution is -2.20. The molecule has 4 heteroatoms. The smallest absolute Gasteiger partial charge is 0.0574 e. The molecule has 0 fully saturated rings. The van der Waals surface area contributed by atoms with Crippen LogP contribution in [0.1, 0.15) is 43.2 Å². The molecule has 0 saturated heterocycles. The minimum Gasteiger partial charge on any atom is -0.349 e. The number of rotatable bonds is 7. The summed E-state index contributed by atoms with van der Waals surface area (Å²) in [5.41, 5.74) is 1.40. The molecule has 104 valence electrons. The maximum absolute atomic E-state index is 3.59. The van der Waals surface area contributed by atoms with Gasteiger partial charge in [0.25, 0.3) is 0 Å². The number of nitrogens with zero attached hydrogens (tertiary/aromatic N) is 1. The van der Waals surface area contributed by atoms with Gasteiger partial charge in [0.15, 0.2) is 0 Å². The van der Waals surface area contributed by atoms with Crippen LogP contribution in [0, 0.1) is 0 Å². The summed E-state index contributed by atoms with van der Waals surface area (Å²) in [4.78, 5) is 1.37. The maximum Gasteiger partial charge on any atom is 0.0574 e. The van der Waals surface area contributed by atoms with Crippen molar-refractivity contribution in [1.29, 1.82) is 0 Å². The molecule has 2 nitrogen and oxygen atoms in total. The standard InChI is InChI=1S/C15H21BrN2S/c1-3-5-14(17-4-2)12-6-8-18(10-12)11-15-13(16)7-9-19-15/h6-10,14,17H,3-5,11H2,1-2H3. The Hall–Kier alpha value is -0.580. The molecule has 2 aromatic heterocycles. The van der Waals surface area contributed by atoms with Gasteiger partial charge in [-0.25, -0.2) is 0 Å². The second-order valence-corrected chi connectivity index (χ2v) is 6.56. The first-order chi connectivity index (χ1) is 9.24. The van der Waals surface area contributed by atoms with Crippen LogP contribution in [0.25, 0.3) is 0 Å². The van der Waals surface area contributed by atoms with Crippen molar-refractivity contribution in [2.45, 2.75) is 39.3 Å². The van der Waals surface area contributed by atoms with Gasteiger partial charge in [-0.2, -0.15) is 0 Å². The van der Waals surface area contributed by atoms with Gasteiger partial charge in [0.05, 0.1) is 6.54 Å². The average molecular weight is 341 g/mol. The minimum absolute atomic E-state index is 0.489. The number of halogens is 1. The molecule has 2 aromatic rings. The van der Waals surface area contributed by atoms with Crippen molar-refractivity contribution in [2.75, 3.05) is 6.54 Å². The van der Waals surface area contributed by atoms with Gasteiger partial charge in [-0.05, 0) is 52.0 Å². The third kappa shape index (κ3) is 3.94. The zero-order valence-electron chi connectivity index (χ0n) is 11.5. The lowest BCUT2D eigenvalue weighted by Gasteiger charge is -2.15. The molecule has 0 saturated carbocycles. The third-order valence-corrected chi connectivity index (χ3v) is 5.13. The van der Waals surface area contributed by atoms with Crippen LogP contribution in [0.5, 0.6) is 0 Å². The molecule has 0 amide bonds. The second-order valence-electron chi connectivity index (χ2n) is 4.71. The van der Waals surface area contributed by atoms with Gasteiger partial charge in [-0.3, -0.25) is 0 Å². The van der Waals surface area contributed by atoms with Gasteiger partial charge < -0.3 is 9.88 Å². The predicted molar refractivity (Wildman–Crippen MR) is 86.9 cm³/mol. The van der Waals surface area contributed by atoms with Crippen molar-refractivity contribution in [3.8, 4) is 0 Å². The van der Waals surface area contributed by atoms with E-state index in [2.05, 4.69) is 69.6 Å². The fraction of sp³-hybridized carbons (Fsp3) is 0.467. The summed E-state index contributed by atoms with van der Waals surface area (Å²) < 4.78 is 3.48. The Morgan fingerprint density at radius 3 is 2.84 bits per heavy atom. The molecule has 0 aliphatic rings. The van der Waals surface area contributed by atoms with Crippen molar-refractivity contribution in [3.63, 3.8) is 0 Å². The first-order valence-corrected chi connectivity index (χ1v) is 8.52. The molecule has 1 atom stereocenters. The summed E-state index contributed by atoms with van der Waals surface area (Å²) in [7, 11) is 0. The third-order valence-electron chi connectivity index (χ3n) is 3.22. The molecule has 0 aromatic carbocycles. The Kier molecular flexibility index (Phi) is 5.67. The Morgan fingerprint density at radius 1 is 1.37 bits per heavy atom. The number of hydrogen-bond acceptors (Lipinski definition) is 2. The highest BCUT2D eigenvalue weighted by atomic mass is 79.9. The fourth-order valence-corrected chi connectivity index (χ4v) is 3.77. The fourth-order valence-electron chi connectivity index (χ4n) is 2.29.